The molecule has 2 aliphatic rings. The number of nitrogens with zero attached hydrogens (tertiary/aromatic N) is 1. The molecule has 0 radical (unpaired) electrons. The lowest BCUT2D eigenvalue weighted by Gasteiger charge is -2.23. The number of aromatic nitrogens is 2. The van der Waals surface area contributed by atoms with Gasteiger partial charge in [-0.1, -0.05) is 25.1 Å². The second-order valence-electron chi connectivity index (χ2n) is 7.86. The number of aryl methyl sites for hydroxylation is 1. The number of carbonyl (C=O) groups is 1. The number of thioether (sulfide) groups is 1. The fraction of sp³-hybridized carbons (Fsp3) is 0.650. The minimum absolute atomic E-state index is 0.0507. The van der Waals surface area contributed by atoms with E-state index in [1.807, 2.05) is 6.92 Å². The van der Waals surface area contributed by atoms with Gasteiger partial charge in [-0.15, -0.1) is 11.3 Å². The van der Waals surface area contributed by atoms with E-state index in [4.69, 9.17) is 4.74 Å². The van der Waals surface area contributed by atoms with Crippen molar-refractivity contribution >= 4 is 39.3 Å². The third-order valence-electron chi connectivity index (χ3n) is 5.60. The van der Waals surface area contributed by atoms with Gasteiger partial charge in [-0.2, -0.15) is 0 Å². The minimum atomic E-state index is -0.387. The number of hydrogen-bond donors (Lipinski definition) is 1. The summed E-state index contributed by atoms with van der Waals surface area (Å²) in [5.41, 5.74) is 1.10. The molecular formula is C20H26N2O3S2. The summed E-state index contributed by atoms with van der Waals surface area (Å²) in [5.74, 6) is 0.446. The molecule has 5 nitrogen and oxygen atoms in total. The Labute approximate surface area is 167 Å². The molecule has 4 rings (SSSR count). The molecule has 27 heavy (non-hydrogen) atoms. The molecule has 0 amide bonds. The summed E-state index contributed by atoms with van der Waals surface area (Å²) in [6.07, 6.45) is 8.58. The first-order valence-electron chi connectivity index (χ1n) is 9.93. The zero-order valence-corrected chi connectivity index (χ0v) is 17.5. The Balaban J connectivity index is 1.50. The minimum Gasteiger partial charge on any atom is -0.462 e. The van der Waals surface area contributed by atoms with E-state index < -0.39 is 0 Å². The third kappa shape index (κ3) is 4.09. The van der Waals surface area contributed by atoms with Gasteiger partial charge in [0.05, 0.1) is 5.39 Å². The Hall–Kier alpha value is -1.34. The number of thiophene rings is 1. The Kier molecular flexibility index (Phi) is 5.60. The summed E-state index contributed by atoms with van der Waals surface area (Å²) in [4.78, 5) is 34.7. The molecule has 0 unspecified atom stereocenters. The quantitative estimate of drug-likeness (QED) is 0.461. The molecule has 0 spiro atoms. The van der Waals surface area contributed by atoms with Gasteiger partial charge in [0.2, 0.25) is 0 Å². The lowest BCUT2D eigenvalue weighted by molar-refractivity contribution is -0.149. The first kappa shape index (κ1) is 19.0. The molecule has 146 valence electrons. The molecule has 0 aliphatic heterocycles. The van der Waals surface area contributed by atoms with Crippen LogP contribution in [0, 0.1) is 5.92 Å². The molecular weight excluding hydrogens is 380 g/mol. The Morgan fingerprint density at radius 1 is 1.30 bits per heavy atom. The van der Waals surface area contributed by atoms with Gasteiger partial charge in [-0.3, -0.25) is 9.59 Å². The van der Waals surface area contributed by atoms with E-state index in [-0.39, 0.29) is 22.9 Å². The van der Waals surface area contributed by atoms with Crippen LogP contribution in [0.3, 0.4) is 0 Å². The van der Waals surface area contributed by atoms with Crippen LogP contribution in [-0.4, -0.2) is 27.3 Å². The number of hydrogen-bond acceptors (Lipinski definition) is 6. The molecule has 0 aromatic carbocycles. The fourth-order valence-electron chi connectivity index (χ4n) is 4.04. The normalized spacial score (nSPS) is 21.8. The average Bonchev–Trinajstić information content (AvgIpc) is 3.00. The predicted octanol–water partition coefficient (Wildman–Crippen LogP) is 4.47. The molecule has 2 aromatic heterocycles. The Morgan fingerprint density at radius 2 is 2.07 bits per heavy atom. The van der Waals surface area contributed by atoms with Gasteiger partial charge in [0.1, 0.15) is 16.2 Å². The van der Waals surface area contributed by atoms with Crippen molar-refractivity contribution in [2.45, 2.75) is 81.7 Å². The van der Waals surface area contributed by atoms with Crippen molar-refractivity contribution in [1.29, 1.82) is 0 Å². The van der Waals surface area contributed by atoms with Crippen molar-refractivity contribution in [2.75, 3.05) is 0 Å². The van der Waals surface area contributed by atoms with Crippen molar-refractivity contribution in [1.82, 2.24) is 9.97 Å². The molecule has 7 heteroatoms. The summed E-state index contributed by atoms with van der Waals surface area (Å²) >= 11 is 2.92. The fourth-order valence-corrected chi connectivity index (χ4v) is 6.27. The highest BCUT2D eigenvalue weighted by atomic mass is 32.2. The lowest BCUT2D eigenvalue weighted by atomic mass is 9.89. The highest BCUT2D eigenvalue weighted by Crippen LogP contribution is 2.36. The summed E-state index contributed by atoms with van der Waals surface area (Å²) in [5, 5.41) is 0.873. The summed E-state index contributed by atoms with van der Waals surface area (Å²) in [6, 6.07) is 0. The maximum absolute atomic E-state index is 12.7. The van der Waals surface area contributed by atoms with Gasteiger partial charge in [0, 0.05) is 4.88 Å². The maximum Gasteiger partial charge on any atom is 0.319 e. The van der Waals surface area contributed by atoms with Crippen molar-refractivity contribution in [3.05, 3.63) is 20.8 Å². The standard InChI is InChI=1S/C20H26N2O3S2/c1-11-8-9-14-15(10-11)27-18-16(14)17(23)21-20(22-18)26-12(2)19(24)25-13-6-4-3-5-7-13/h11-13H,3-10H2,1-2H3,(H,21,22,23)/t11-,12-/m1/s1. The van der Waals surface area contributed by atoms with Crippen LogP contribution in [0.1, 0.15) is 62.8 Å². The van der Waals surface area contributed by atoms with Crippen molar-refractivity contribution in [3.63, 3.8) is 0 Å². The van der Waals surface area contributed by atoms with Crippen LogP contribution in [0.25, 0.3) is 10.2 Å². The van der Waals surface area contributed by atoms with Gasteiger partial charge in [0.25, 0.3) is 5.56 Å². The van der Waals surface area contributed by atoms with Crippen LogP contribution in [0.2, 0.25) is 0 Å². The van der Waals surface area contributed by atoms with Gasteiger partial charge in [-0.05, 0) is 63.4 Å². The number of H-pyrrole nitrogens is 1. The van der Waals surface area contributed by atoms with E-state index in [9.17, 15) is 9.59 Å². The Morgan fingerprint density at radius 3 is 2.85 bits per heavy atom. The summed E-state index contributed by atoms with van der Waals surface area (Å²) in [7, 11) is 0. The molecule has 2 atom stereocenters. The maximum atomic E-state index is 12.7. The van der Waals surface area contributed by atoms with Crippen LogP contribution in [0.4, 0.5) is 0 Å². The number of aromatic amines is 1. The van der Waals surface area contributed by atoms with E-state index >= 15 is 0 Å². The van der Waals surface area contributed by atoms with Crippen LogP contribution < -0.4 is 5.56 Å². The molecule has 1 fully saturated rings. The van der Waals surface area contributed by atoms with Gasteiger partial charge in [-0.25, -0.2) is 4.98 Å². The Bertz CT molecular complexity index is 898. The van der Waals surface area contributed by atoms with Crippen molar-refractivity contribution in [2.24, 2.45) is 5.92 Å². The SMILES string of the molecule is C[C@@H]1CCc2c(sc3nc(S[C@H](C)C(=O)OC4CCCCC4)[nH]c(=O)c23)C1. The van der Waals surface area contributed by atoms with Gasteiger partial charge in [0.15, 0.2) is 5.16 Å². The van der Waals surface area contributed by atoms with E-state index in [1.54, 1.807) is 11.3 Å². The number of nitrogens with one attached hydrogen (secondary N) is 1. The van der Waals surface area contributed by atoms with E-state index in [0.29, 0.717) is 11.1 Å². The molecule has 2 heterocycles. The zero-order valence-electron chi connectivity index (χ0n) is 15.9. The largest absolute Gasteiger partial charge is 0.462 e. The van der Waals surface area contributed by atoms with Crippen LogP contribution in [0.5, 0.6) is 0 Å². The predicted molar refractivity (Wildman–Crippen MR) is 110 cm³/mol. The number of ether oxygens (including phenoxy) is 1. The number of rotatable bonds is 4. The highest BCUT2D eigenvalue weighted by Gasteiger charge is 2.25. The number of carbonyl (C=O) groups excluding carboxylic acids is 1. The van der Waals surface area contributed by atoms with Gasteiger partial charge < -0.3 is 9.72 Å². The number of fused-ring (bicyclic) bond motifs is 3. The van der Waals surface area contributed by atoms with Crippen molar-refractivity contribution in [3.8, 4) is 0 Å². The zero-order chi connectivity index (χ0) is 19.0. The lowest BCUT2D eigenvalue weighted by Crippen LogP contribution is -2.26. The number of esters is 1. The van der Waals surface area contributed by atoms with E-state index in [2.05, 4.69) is 16.9 Å². The summed E-state index contributed by atoms with van der Waals surface area (Å²) in [6.45, 7) is 4.08. The topological polar surface area (TPSA) is 72.0 Å². The molecule has 1 N–H and O–H groups in total. The molecule has 0 saturated heterocycles. The first-order chi connectivity index (χ1) is 13.0. The molecule has 1 saturated carbocycles. The van der Waals surface area contributed by atoms with E-state index in [1.165, 1.54) is 28.6 Å². The first-order valence-corrected chi connectivity index (χ1v) is 11.6. The highest BCUT2D eigenvalue weighted by molar-refractivity contribution is 8.00. The van der Waals surface area contributed by atoms with Crippen LogP contribution >= 0.6 is 23.1 Å². The smallest absolute Gasteiger partial charge is 0.319 e. The van der Waals surface area contributed by atoms with Crippen LogP contribution in [0.15, 0.2) is 9.95 Å². The second-order valence-corrected chi connectivity index (χ2v) is 10.3. The molecule has 2 aromatic rings. The van der Waals surface area contributed by atoms with Gasteiger partial charge >= 0.3 is 5.97 Å². The third-order valence-corrected chi connectivity index (χ3v) is 7.71. The molecule has 0 bridgehead atoms. The van der Waals surface area contributed by atoms with E-state index in [0.717, 1.165) is 55.2 Å². The average molecular weight is 407 g/mol. The van der Waals surface area contributed by atoms with Crippen LogP contribution in [-0.2, 0) is 22.4 Å². The molecule has 2 aliphatic carbocycles. The van der Waals surface area contributed by atoms with Crippen molar-refractivity contribution < 1.29 is 9.53 Å². The second kappa shape index (κ2) is 7.95. The monoisotopic (exact) mass is 406 g/mol. The summed E-state index contributed by atoms with van der Waals surface area (Å²) < 4.78 is 5.64.